The first-order chi connectivity index (χ1) is 11.0. The van der Waals surface area contributed by atoms with Gasteiger partial charge in [0.05, 0.1) is 12.7 Å². The predicted octanol–water partition coefficient (Wildman–Crippen LogP) is 3.41. The molecule has 0 bridgehead atoms. The fraction of sp³-hybridized carbons (Fsp3) is 0.632. The van der Waals surface area contributed by atoms with Crippen molar-refractivity contribution in [3.05, 3.63) is 16.7 Å². The smallest absolute Gasteiger partial charge is 0.167 e. The van der Waals surface area contributed by atoms with Crippen LogP contribution in [-0.2, 0) is 12.8 Å². The van der Waals surface area contributed by atoms with Crippen LogP contribution < -0.4 is 9.47 Å². The number of rotatable bonds is 5. The Morgan fingerprint density at radius 1 is 1.38 bits per heavy atom. The van der Waals surface area contributed by atoms with Crippen molar-refractivity contribution in [2.24, 2.45) is 0 Å². The highest BCUT2D eigenvalue weighted by Crippen LogP contribution is 2.48. The van der Waals surface area contributed by atoms with Crippen LogP contribution in [0, 0.1) is 0 Å². The van der Waals surface area contributed by atoms with E-state index in [-0.39, 0.29) is 22.7 Å². The average molecular weight is 336 g/mol. The van der Waals surface area contributed by atoms with Crippen LogP contribution in [0.2, 0.25) is 0 Å². The first-order valence-corrected chi connectivity index (χ1v) is 8.34. The lowest BCUT2D eigenvalue weighted by atomic mass is 9.87. The monoisotopic (exact) mass is 336 g/mol. The minimum absolute atomic E-state index is 0.0972. The van der Waals surface area contributed by atoms with Crippen LogP contribution in [-0.4, -0.2) is 34.3 Å². The summed E-state index contributed by atoms with van der Waals surface area (Å²) >= 11 is 0. The third-order valence-electron chi connectivity index (χ3n) is 4.47. The Hall–Kier alpha value is -1.75. The van der Waals surface area contributed by atoms with Gasteiger partial charge < -0.3 is 19.7 Å². The number of ketones is 1. The van der Waals surface area contributed by atoms with Crippen LogP contribution in [0.3, 0.4) is 0 Å². The molecular weight excluding hydrogens is 308 g/mol. The van der Waals surface area contributed by atoms with Crippen molar-refractivity contribution < 1.29 is 24.5 Å². The number of hydrogen-bond acceptors (Lipinski definition) is 5. The molecule has 1 heterocycles. The zero-order valence-corrected chi connectivity index (χ0v) is 15.4. The first kappa shape index (κ1) is 18.6. The number of fused-ring (bicyclic) bond motifs is 1. The predicted molar refractivity (Wildman–Crippen MR) is 92.3 cm³/mol. The maximum atomic E-state index is 12.1. The molecule has 0 atom stereocenters. The van der Waals surface area contributed by atoms with E-state index in [2.05, 4.69) is 0 Å². The Balaban J connectivity index is 2.67. The van der Waals surface area contributed by atoms with Crippen LogP contribution in [0.4, 0.5) is 0 Å². The second-order valence-corrected chi connectivity index (χ2v) is 7.77. The number of methoxy groups -OCH3 is 1. The summed E-state index contributed by atoms with van der Waals surface area (Å²) in [7, 11) is 1.50. The van der Waals surface area contributed by atoms with Gasteiger partial charge in [-0.05, 0) is 60.3 Å². The van der Waals surface area contributed by atoms with E-state index in [4.69, 9.17) is 9.47 Å². The van der Waals surface area contributed by atoms with E-state index in [0.29, 0.717) is 36.3 Å². The summed E-state index contributed by atoms with van der Waals surface area (Å²) < 4.78 is 11.6. The van der Waals surface area contributed by atoms with E-state index in [1.807, 2.05) is 13.8 Å². The SMILES string of the molecule is COc1c2c(c(CCC(C)(C)O)c(O)c1C(C)=O)OC(C)(C)CC2. The van der Waals surface area contributed by atoms with Gasteiger partial charge in [-0.2, -0.15) is 0 Å². The van der Waals surface area contributed by atoms with Crippen LogP contribution in [0.25, 0.3) is 0 Å². The van der Waals surface area contributed by atoms with Gasteiger partial charge in [-0.15, -0.1) is 0 Å². The van der Waals surface area contributed by atoms with Crippen LogP contribution >= 0.6 is 0 Å². The molecule has 0 saturated heterocycles. The summed E-state index contributed by atoms with van der Waals surface area (Å²) in [6.45, 7) is 8.85. The molecule has 0 spiro atoms. The largest absolute Gasteiger partial charge is 0.507 e. The number of hydrogen-bond donors (Lipinski definition) is 2. The van der Waals surface area contributed by atoms with Gasteiger partial charge in [-0.3, -0.25) is 4.79 Å². The third-order valence-corrected chi connectivity index (χ3v) is 4.47. The lowest BCUT2D eigenvalue weighted by Gasteiger charge is -2.35. The molecular formula is C19H28O5. The molecule has 2 rings (SSSR count). The third kappa shape index (κ3) is 3.66. The summed E-state index contributed by atoms with van der Waals surface area (Å²) in [5, 5.41) is 20.8. The van der Waals surface area contributed by atoms with Crippen molar-refractivity contribution in [2.75, 3.05) is 7.11 Å². The van der Waals surface area contributed by atoms with Gasteiger partial charge >= 0.3 is 0 Å². The fourth-order valence-corrected chi connectivity index (χ4v) is 3.12. The number of benzene rings is 1. The number of phenols is 1. The second-order valence-electron chi connectivity index (χ2n) is 7.77. The van der Waals surface area contributed by atoms with Gasteiger partial charge in [0.15, 0.2) is 5.78 Å². The normalized spacial score (nSPS) is 16.3. The first-order valence-electron chi connectivity index (χ1n) is 8.34. The van der Waals surface area contributed by atoms with E-state index in [0.717, 1.165) is 12.0 Å². The molecule has 0 aliphatic carbocycles. The quantitative estimate of drug-likeness (QED) is 0.806. The zero-order chi connectivity index (χ0) is 18.3. The molecule has 2 N–H and O–H groups in total. The number of aliphatic hydroxyl groups is 1. The van der Waals surface area contributed by atoms with Crippen molar-refractivity contribution >= 4 is 5.78 Å². The zero-order valence-electron chi connectivity index (χ0n) is 15.4. The van der Waals surface area contributed by atoms with E-state index < -0.39 is 5.60 Å². The van der Waals surface area contributed by atoms with Crippen molar-refractivity contribution in [2.45, 2.75) is 71.5 Å². The summed E-state index contributed by atoms with van der Waals surface area (Å²) in [6.07, 6.45) is 2.36. The topological polar surface area (TPSA) is 76.0 Å². The van der Waals surface area contributed by atoms with E-state index in [1.54, 1.807) is 13.8 Å². The maximum Gasteiger partial charge on any atom is 0.167 e. The standard InChI is InChI=1S/C19H28O5/c1-11(20)14-15(21)12(7-9-18(2,3)22)16-13(17(14)23-6)8-10-19(4,5)24-16/h21-22H,7-10H2,1-6H3. The molecule has 5 nitrogen and oxygen atoms in total. The maximum absolute atomic E-state index is 12.1. The molecule has 24 heavy (non-hydrogen) atoms. The minimum atomic E-state index is -0.875. The number of ether oxygens (including phenoxy) is 2. The number of phenolic OH excluding ortho intramolecular Hbond substituents is 1. The number of aromatic hydroxyl groups is 1. The lowest BCUT2D eigenvalue weighted by Crippen LogP contribution is -2.34. The molecule has 134 valence electrons. The Morgan fingerprint density at radius 2 is 2.00 bits per heavy atom. The summed E-state index contributed by atoms with van der Waals surface area (Å²) in [6, 6.07) is 0. The molecule has 5 heteroatoms. The highest BCUT2D eigenvalue weighted by Gasteiger charge is 2.35. The second kappa shape index (κ2) is 6.28. The van der Waals surface area contributed by atoms with Crippen molar-refractivity contribution in [3.8, 4) is 17.2 Å². The van der Waals surface area contributed by atoms with Crippen LogP contribution in [0.5, 0.6) is 17.2 Å². The van der Waals surface area contributed by atoms with E-state index in [1.165, 1.54) is 14.0 Å². The Labute approximate surface area is 143 Å². The molecule has 0 fully saturated rings. The van der Waals surface area contributed by atoms with Crippen LogP contribution in [0.15, 0.2) is 0 Å². The molecule has 0 unspecified atom stereocenters. The van der Waals surface area contributed by atoms with E-state index >= 15 is 0 Å². The van der Waals surface area contributed by atoms with Gasteiger partial charge in [0.25, 0.3) is 0 Å². The Morgan fingerprint density at radius 3 is 2.50 bits per heavy atom. The van der Waals surface area contributed by atoms with Gasteiger partial charge in [0, 0.05) is 11.1 Å². The average Bonchev–Trinajstić information content (AvgIpc) is 2.42. The number of carbonyl (C=O) groups is 1. The molecule has 0 saturated carbocycles. The van der Waals surface area contributed by atoms with E-state index in [9.17, 15) is 15.0 Å². The molecule has 1 aromatic rings. The molecule has 0 amide bonds. The summed E-state index contributed by atoms with van der Waals surface area (Å²) in [5.74, 6) is 0.647. The Kier molecular flexibility index (Phi) is 4.86. The van der Waals surface area contributed by atoms with Crippen molar-refractivity contribution in [1.82, 2.24) is 0 Å². The van der Waals surface area contributed by atoms with Crippen LogP contribution in [0.1, 0.15) is 68.9 Å². The van der Waals surface area contributed by atoms with Crippen molar-refractivity contribution in [1.29, 1.82) is 0 Å². The molecule has 1 aliphatic heterocycles. The molecule has 1 aromatic carbocycles. The lowest BCUT2D eigenvalue weighted by molar-refractivity contribution is 0.0678. The molecule has 0 aromatic heterocycles. The highest BCUT2D eigenvalue weighted by atomic mass is 16.5. The van der Waals surface area contributed by atoms with Crippen molar-refractivity contribution in [3.63, 3.8) is 0 Å². The van der Waals surface area contributed by atoms with Gasteiger partial charge in [-0.1, -0.05) is 0 Å². The number of carbonyl (C=O) groups excluding carboxylic acids is 1. The highest BCUT2D eigenvalue weighted by molar-refractivity contribution is 6.01. The number of Topliss-reactive ketones (excluding diaryl/α,β-unsaturated/α-hetero) is 1. The summed E-state index contributed by atoms with van der Waals surface area (Å²) in [4.78, 5) is 12.1. The summed E-state index contributed by atoms with van der Waals surface area (Å²) in [5.41, 5.74) is 0.368. The molecule has 0 radical (unpaired) electrons. The van der Waals surface area contributed by atoms with Gasteiger partial charge in [0.2, 0.25) is 0 Å². The van der Waals surface area contributed by atoms with Gasteiger partial charge in [0.1, 0.15) is 28.4 Å². The fourth-order valence-electron chi connectivity index (χ4n) is 3.12. The van der Waals surface area contributed by atoms with Gasteiger partial charge in [-0.25, -0.2) is 0 Å². The Bertz CT molecular complexity index is 653. The minimum Gasteiger partial charge on any atom is -0.507 e. The molecule has 1 aliphatic rings.